The molecule has 1 aliphatic carbocycles. The standard InChI is InChI=1S/C25H32N4OS/c1-16(2)15-29-18(4)20(17(3)28-29)13-14-23(30)26-21-11-8-12-22-24(21)31-25(27-22)19-9-6-5-7-10-19/h5-7,9-10,16,21H,8,11-15H2,1-4H3,(H,26,30). The molecule has 31 heavy (non-hydrogen) atoms. The average molecular weight is 437 g/mol. The van der Waals surface area contributed by atoms with Crippen LogP contribution in [0.25, 0.3) is 10.6 Å². The maximum atomic E-state index is 12.8. The molecular weight excluding hydrogens is 404 g/mol. The van der Waals surface area contributed by atoms with Crippen LogP contribution in [0.15, 0.2) is 30.3 Å². The first-order valence-corrected chi connectivity index (χ1v) is 12.1. The van der Waals surface area contributed by atoms with E-state index in [0.29, 0.717) is 12.3 Å². The number of nitrogens with one attached hydrogen (secondary N) is 1. The fourth-order valence-corrected chi connectivity index (χ4v) is 5.59. The summed E-state index contributed by atoms with van der Waals surface area (Å²) in [6.45, 7) is 9.48. The fraction of sp³-hybridized carbons (Fsp3) is 0.480. The highest BCUT2D eigenvalue weighted by atomic mass is 32.1. The zero-order valence-electron chi connectivity index (χ0n) is 18.9. The lowest BCUT2D eigenvalue weighted by Crippen LogP contribution is -2.30. The van der Waals surface area contributed by atoms with Crippen molar-refractivity contribution in [2.45, 2.75) is 72.4 Å². The molecule has 2 heterocycles. The summed E-state index contributed by atoms with van der Waals surface area (Å²) in [6, 6.07) is 10.4. The van der Waals surface area contributed by atoms with E-state index in [1.807, 2.05) is 25.1 Å². The molecule has 4 rings (SSSR count). The Kier molecular flexibility index (Phi) is 6.56. The summed E-state index contributed by atoms with van der Waals surface area (Å²) in [5, 5.41) is 9.03. The van der Waals surface area contributed by atoms with Crippen LogP contribution in [-0.4, -0.2) is 20.7 Å². The van der Waals surface area contributed by atoms with Crippen molar-refractivity contribution in [2.24, 2.45) is 5.92 Å². The minimum Gasteiger partial charge on any atom is -0.348 e. The van der Waals surface area contributed by atoms with Crippen molar-refractivity contribution in [1.29, 1.82) is 0 Å². The molecule has 0 saturated heterocycles. The molecule has 6 heteroatoms. The van der Waals surface area contributed by atoms with Gasteiger partial charge >= 0.3 is 0 Å². The summed E-state index contributed by atoms with van der Waals surface area (Å²) in [4.78, 5) is 18.9. The van der Waals surface area contributed by atoms with Gasteiger partial charge in [0, 0.05) is 24.2 Å². The predicted octanol–water partition coefficient (Wildman–Crippen LogP) is 5.41. The van der Waals surface area contributed by atoms with Crippen LogP contribution in [-0.2, 0) is 24.2 Å². The molecule has 0 spiro atoms. The minimum atomic E-state index is 0.0806. The molecule has 1 amide bonds. The van der Waals surface area contributed by atoms with Crippen molar-refractivity contribution in [3.8, 4) is 10.6 Å². The molecule has 1 unspecified atom stereocenters. The zero-order valence-corrected chi connectivity index (χ0v) is 19.8. The first-order valence-electron chi connectivity index (χ1n) is 11.3. The second-order valence-electron chi connectivity index (χ2n) is 8.93. The third kappa shape index (κ3) is 4.90. The third-order valence-electron chi connectivity index (χ3n) is 5.98. The quantitative estimate of drug-likeness (QED) is 0.539. The third-order valence-corrected chi connectivity index (χ3v) is 7.24. The van der Waals surface area contributed by atoms with Gasteiger partial charge in [0.2, 0.25) is 5.91 Å². The van der Waals surface area contributed by atoms with E-state index in [4.69, 9.17) is 4.98 Å². The largest absolute Gasteiger partial charge is 0.348 e. The van der Waals surface area contributed by atoms with Gasteiger partial charge in [-0.1, -0.05) is 44.2 Å². The molecule has 5 nitrogen and oxygen atoms in total. The van der Waals surface area contributed by atoms with Gasteiger partial charge in [0.15, 0.2) is 0 Å². The number of hydrogen-bond donors (Lipinski definition) is 1. The normalized spacial score (nSPS) is 15.8. The Balaban J connectivity index is 1.42. The minimum absolute atomic E-state index is 0.0806. The molecule has 1 atom stereocenters. The van der Waals surface area contributed by atoms with Crippen LogP contribution in [0.1, 0.15) is 66.7 Å². The summed E-state index contributed by atoms with van der Waals surface area (Å²) in [5.41, 5.74) is 5.75. The second kappa shape index (κ2) is 9.35. The number of benzene rings is 1. The number of rotatable bonds is 7. The van der Waals surface area contributed by atoms with E-state index in [0.717, 1.165) is 54.2 Å². The van der Waals surface area contributed by atoms with Gasteiger partial charge in [-0.3, -0.25) is 9.48 Å². The maximum Gasteiger partial charge on any atom is 0.220 e. The number of fused-ring (bicyclic) bond motifs is 1. The Labute approximate surface area is 188 Å². The van der Waals surface area contributed by atoms with E-state index in [1.165, 1.54) is 16.1 Å². The topological polar surface area (TPSA) is 59.8 Å². The van der Waals surface area contributed by atoms with Crippen molar-refractivity contribution >= 4 is 17.2 Å². The number of nitrogens with zero attached hydrogens (tertiary/aromatic N) is 3. The van der Waals surface area contributed by atoms with Gasteiger partial charge < -0.3 is 5.32 Å². The van der Waals surface area contributed by atoms with Crippen molar-refractivity contribution in [2.75, 3.05) is 0 Å². The molecule has 3 aromatic rings. The lowest BCUT2D eigenvalue weighted by Gasteiger charge is -2.22. The summed E-state index contributed by atoms with van der Waals surface area (Å²) >= 11 is 1.73. The van der Waals surface area contributed by atoms with Crippen LogP contribution in [0, 0.1) is 19.8 Å². The summed E-state index contributed by atoms with van der Waals surface area (Å²) in [6.07, 6.45) is 4.28. The first kappa shape index (κ1) is 21.8. The molecule has 1 N–H and O–H groups in total. The lowest BCUT2D eigenvalue weighted by molar-refractivity contribution is -0.121. The number of hydrogen-bond acceptors (Lipinski definition) is 4. The van der Waals surface area contributed by atoms with Crippen LogP contribution < -0.4 is 5.32 Å². The van der Waals surface area contributed by atoms with Crippen LogP contribution in [0.3, 0.4) is 0 Å². The fourth-order valence-electron chi connectivity index (χ4n) is 4.39. The molecule has 0 saturated carbocycles. The summed E-state index contributed by atoms with van der Waals surface area (Å²) in [7, 11) is 0. The van der Waals surface area contributed by atoms with Crippen LogP contribution in [0.2, 0.25) is 0 Å². The maximum absolute atomic E-state index is 12.8. The summed E-state index contributed by atoms with van der Waals surface area (Å²) < 4.78 is 2.09. The zero-order chi connectivity index (χ0) is 22.0. The van der Waals surface area contributed by atoms with Crippen molar-refractivity contribution < 1.29 is 4.79 Å². The van der Waals surface area contributed by atoms with Gasteiger partial charge in [-0.15, -0.1) is 11.3 Å². The molecule has 2 aromatic heterocycles. The Morgan fingerprint density at radius 1 is 1.26 bits per heavy atom. The van der Waals surface area contributed by atoms with E-state index >= 15 is 0 Å². The molecule has 164 valence electrons. The SMILES string of the molecule is Cc1nn(CC(C)C)c(C)c1CCC(=O)NC1CCCc2nc(-c3ccccc3)sc21. The van der Waals surface area contributed by atoms with E-state index in [9.17, 15) is 4.79 Å². The molecule has 0 radical (unpaired) electrons. The molecule has 1 aromatic carbocycles. The van der Waals surface area contributed by atoms with Crippen molar-refractivity contribution in [1.82, 2.24) is 20.1 Å². The summed E-state index contributed by atoms with van der Waals surface area (Å²) in [5.74, 6) is 0.665. The number of carbonyl (C=O) groups is 1. The van der Waals surface area contributed by atoms with Gasteiger partial charge in [0.1, 0.15) is 5.01 Å². The van der Waals surface area contributed by atoms with Gasteiger partial charge in [0.25, 0.3) is 0 Å². The number of amides is 1. The Morgan fingerprint density at radius 2 is 2.03 bits per heavy atom. The monoisotopic (exact) mass is 436 g/mol. The first-order chi connectivity index (χ1) is 14.9. The molecule has 0 fully saturated rings. The Morgan fingerprint density at radius 3 is 2.77 bits per heavy atom. The Bertz CT molecular complexity index is 1050. The van der Waals surface area contributed by atoms with E-state index in [2.05, 4.69) is 48.0 Å². The van der Waals surface area contributed by atoms with Crippen LogP contribution in [0.5, 0.6) is 0 Å². The molecule has 0 aliphatic heterocycles. The van der Waals surface area contributed by atoms with Gasteiger partial charge in [-0.25, -0.2) is 4.98 Å². The highest BCUT2D eigenvalue weighted by molar-refractivity contribution is 7.15. The van der Waals surface area contributed by atoms with Gasteiger partial charge in [0.05, 0.1) is 22.3 Å². The number of aromatic nitrogens is 3. The molecule has 1 aliphatic rings. The number of aryl methyl sites for hydroxylation is 2. The van der Waals surface area contributed by atoms with Gasteiger partial charge in [-0.2, -0.15) is 5.10 Å². The molecular formula is C25H32N4OS. The predicted molar refractivity (Wildman–Crippen MR) is 126 cm³/mol. The van der Waals surface area contributed by atoms with E-state index in [1.54, 1.807) is 11.3 Å². The highest BCUT2D eigenvalue weighted by Crippen LogP contribution is 2.38. The number of thiazole rings is 1. The van der Waals surface area contributed by atoms with E-state index in [-0.39, 0.29) is 11.9 Å². The van der Waals surface area contributed by atoms with Crippen molar-refractivity contribution in [3.05, 3.63) is 57.9 Å². The highest BCUT2D eigenvalue weighted by Gasteiger charge is 2.26. The number of carbonyl (C=O) groups excluding carboxylic acids is 1. The second-order valence-corrected chi connectivity index (χ2v) is 9.96. The van der Waals surface area contributed by atoms with Crippen LogP contribution >= 0.6 is 11.3 Å². The van der Waals surface area contributed by atoms with Gasteiger partial charge in [-0.05, 0) is 51.0 Å². The smallest absolute Gasteiger partial charge is 0.220 e. The average Bonchev–Trinajstić information content (AvgIpc) is 3.29. The van der Waals surface area contributed by atoms with E-state index < -0.39 is 0 Å². The lowest BCUT2D eigenvalue weighted by atomic mass is 9.97. The van der Waals surface area contributed by atoms with Crippen molar-refractivity contribution in [3.63, 3.8) is 0 Å². The Hall–Kier alpha value is -2.47. The molecule has 0 bridgehead atoms. The van der Waals surface area contributed by atoms with Crippen LogP contribution in [0.4, 0.5) is 0 Å².